The number of hydrogen-bond donors (Lipinski definition) is 1. The number of aryl methyl sites for hydroxylation is 2. The Morgan fingerprint density at radius 1 is 1.25 bits per heavy atom. The molecule has 2 aromatic rings. The Hall–Kier alpha value is -1.81. The van der Waals surface area contributed by atoms with E-state index >= 15 is 0 Å². The monoisotopic (exact) mass is 271 g/mol. The van der Waals surface area contributed by atoms with Crippen LogP contribution >= 0.6 is 0 Å². The predicted octanol–water partition coefficient (Wildman–Crippen LogP) is 3.08. The molecule has 0 bridgehead atoms. The Morgan fingerprint density at radius 2 is 1.95 bits per heavy atom. The van der Waals surface area contributed by atoms with E-state index in [-0.39, 0.29) is 0 Å². The molecule has 1 saturated carbocycles. The molecule has 0 spiro atoms. The first-order valence-corrected chi connectivity index (χ1v) is 7.14. The van der Waals surface area contributed by atoms with Crippen molar-refractivity contribution in [2.75, 3.05) is 0 Å². The number of ether oxygens (including phenoxy) is 1. The summed E-state index contributed by atoms with van der Waals surface area (Å²) in [6.07, 6.45) is 2.64. The lowest BCUT2D eigenvalue weighted by Crippen LogP contribution is -2.14. The molecule has 0 unspecified atom stereocenters. The summed E-state index contributed by atoms with van der Waals surface area (Å²) in [5.41, 5.74) is 3.26. The van der Waals surface area contributed by atoms with Crippen LogP contribution in [0.15, 0.2) is 24.3 Å². The summed E-state index contributed by atoms with van der Waals surface area (Å²) in [7, 11) is 1.93. The van der Waals surface area contributed by atoms with Crippen LogP contribution in [0.3, 0.4) is 0 Å². The SMILES string of the molecule is Cc1nn(C)c(C)c1Oc1ccc(CNC2CC2)cc1. The molecule has 1 aromatic carbocycles. The first-order valence-electron chi connectivity index (χ1n) is 7.14. The van der Waals surface area contributed by atoms with Gasteiger partial charge >= 0.3 is 0 Å². The Bertz CT molecular complexity index is 597. The summed E-state index contributed by atoms with van der Waals surface area (Å²) in [4.78, 5) is 0. The Balaban J connectivity index is 1.67. The van der Waals surface area contributed by atoms with Gasteiger partial charge in [0.15, 0.2) is 5.75 Å². The molecule has 3 rings (SSSR count). The van der Waals surface area contributed by atoms with Crippen molar-refractivity contribution < 1.29 is 4.74 Å². The highest BCUT2D eigenvalue weighted by Crippen LogP contribution is 2.28. The quantitative estimate of drug-likeness (QED) is 0.908. The van der Waals surface area contributed by atoms with E-state index < -0.39 is 0 Å². The number of nitrogens with one attached hydrogen (secondary N) is 1. The van der Waals surface area contributed by atoms with Gasteiger partial charge in [0.25, 0.3) is 0 Å². The van der Waals surface area contributed by atoms with E-state index in [1.54, 1.807) is 0 Å². The van der Waals surface area contributed by atoms with Crippen molar-refractivity contribution in [3.63, 3.8) is 0 Å². The summed E-state index contributed by atoms with van der Waals surface area (Å²) >= 11 is 0. The van der Waals surface area contributed by atoms with E-state index in [9.17, 15) is 0 Å². The average Bonchev–Trinajstić information content (AvgIpc) is 3.23. The van der Waals surface area contributed by atoms with E-state index in [0.717, 1.165) is 35.5 Å². The van der Waals surface area contributed by atoms with Gasteiger partial charge in [-0.15, -0.1) is 0 Å². The molecule has 0 aliphatic heterocycles. The van der Waals surface area contributed by atoms with Crippen LogP contribution in [-0.4, -0.2) is 15.8 Å². The van der Waals surface area contributed by atoms with Crippen LogP contribution in [0.2, 0.25) is 0 Å². The minimum Gasteiger partial charge on any atom is -0.453 e. The van der Waals surface area contributed by atoms with Gasteiger partial charge < -0.3 is 10.1 Å². The molecule has 1 fully saturated rings. The van der Waals surface area contributed by atoms with E-state index in [1.165, 1.54) is 18.4 Å². The third-order valence-electron chi connectivity index (χ3n) is 3.76. The standard InChI is InChI=1S/C16H21N3O/c1-11-16(12(2)19(3)18-11)20-15-8-4-13(5-9-15)10-17-14-6-7-14/h4-5,8-9,14,17H,6-7,10H2,1-3H3. The van der Waals surface area contributed by atoms with Crippen LogP contribution in [0.4, 0.5) is 0 Å². The van der Waals surface area contributed by atoms with E-state index in [1.807, 2.05) is 37.7 Å². The van der Waals surface area contributed by atoms with Gasteiger partial charge in [0.05, 0.1) is 5.69 Å². The first kappa shape index (κ1) is 13.2. The number of hydrogen-bond acceptors (Lipinski definition) is 3. The predicted molar refractivity (Wildman–Crippen MR) is 79.1 cm³/mol. The van der Waals surface area contributed by atoms with Crippen molar-refractivity contribution >= 4 is 0 Å². The van der Waals surface area contributed by atoms with Crippen molar-refractivity contribution in [2.45, 2.75) is 39.3 Å². The topological polar surface area (TPSA) is 39.1 Å². The van der Waals surface area contributed by atoms with Crippen molar-refractivity contribution in [3.8, 4) is 11.5 Å². The Kier molecular flexibility index (Phi) is 3.49. The number of nitrogens with zero attached hydrogens (tertiary/aromatic N) is 2. The Morgan fingerprint density at radius 3 is 2.50 bits per heavy atom. The molecule has 4 nitrogen and oxygen atoms in total. The van der Waals surface area contributed by atoms with Gasteiger partial charge in [0.1, 0.15) is 11.4 Å². The normalized spacial score (nSPS) is 14.6. The molecular weight excluding hydrogens is 250 g/mol. The van der Waals surface area contributed by atoms with Crippen molar-refractivity contribution in [1.82, 2.24) is 15.1 Å². The van der Waals surface area contributed by atoms with Crippen LogP contribution < -0.4 is 10.1 Å². The highest BCUT2D eigenvalue weighted by Gasteiger charge is 2.19. The molecule has 4 heteroatoms. The lowest BCUT2D eigenvalue weighted by atomic mass is 10.2. The van der Waals surface area contributed by atoms with Crippen LogP contribution in [0.5, 0.6) is 11.5 Å². The number of rotatable bonds is 5. The molecule has 1 aromatic heterocycles. The molecule has 106 valence electrons. The van der Waals surface area contributed by atoms with Gasteiger partial charge in [-0.2, -0.15) is 5.10 Å². The maximum Gasteiger partial charge on any atom is 0.171 e. The molecule has 0 radical (unpaired) electrons. The summed E-state index contributed by atoms with van der Waals surface area (Å²) in [5.74, 6) is 1.72. The van der Waals surface area contributed by atoms with E-state index in [2.05, 4.69) is 22.5 Å². The summed E-state index contributed by atoms with van der Waals surface area (Å²) in [6.45, 7) is 4.93. The second kappa shape index (κ2) is 5.29. The maximum absolute atomic E-state index is 5.95. The third-order valence-corrected chi connectivity index (χ3v) is 3.76. The molecule has 1 aliphatic carbocycles. The van der Waals surface area contributed by atoms with Gasteiger partial charge in [0.2, 0.25) is 0 Å². The molecule has 0 saturated heterocycles. The summed E-state index contributed by atoms with van der Waals surface area (Å²) in [5, 5.41) is 7.87. The minimum atomic E-state index is 0.742. The van der Waals surface area contributed by atoms with Gasteiger partial charge in [-0.1, -0.05) is 12.1 Å². The zero-order valence-electron chi connectivity index (χ0n) is 12.3. The number of benzene rings is 1. The fourth-order valence-corrected chi connectivity index (χ4v) is 2.24. The van der Waals surface area contributed by atoms with Gasteiger partial charge in [0, 0.05) is 19.6 Å². The smallest absolute Gasteiger partial charge is 0.171 e. The molecular formula is C16H21N3O. The fraction of sp³-hybridized carbons (Fsp3) is 0.438. The largest absolute Gasteiger partial charge is 0.453 e. The van der Waals surface area contributed by atoms with Crippen molar-refractivity contribution in [1.29, 1.82) is 0 Å². The van der Waals surface area contributed by atoms with Crippen LogP contribution in [0.1, 0.15) is 29.8 Å². The maximum atomic E-state index is 5.95. The van der Waals surface area contributed by atoms with E-state index in [0.29, 0.717) is 0 Å². The van der Waals surface area contributed by atoms with E-state index in [4.69, 9.17) is 4.74 Å². The lowest BCUT2D eigenvalue weighted by molar-refractivity contribution is 0.474. The summed E-state index contributed by atoms with van der Waals surface area (Å²) in [6, 6.07) is 9.02. The lowest BCUT2D eigenvalue weighted by Gasteiger charge is -2.08. The first-order chi connectivity index (χ1) is 9.63. The van der Waals surface area contributed by atoms with Crippen LogP contribution in [-0.2, 0) is 13.6 Å². The van der Waals surface area contributed by atoms with Gasteiger partial charge in [-0.05, 0) is 44.4 Å². The van der Waals surface area contributed by atoms with Gasteiger partial charge in [-0.25, -0.2) is 0 Å². The zero-order chi connectivity index (χ0) is 14.1. The van der Waals surface area contributed by atoms with Crippen LogP contribution in [0, 0.1) is 13.8 Å². The minimum absolute atomic E-state index is 0.742. The summed E-state index contributed by atoms with van der Waals surface area (Å²) < 4.78 is 7.80. The molecule has 1 aliphatic rings. The second-order valence-corrected chi connectivity index (χ2v) is 5.52. The van der Waals surface area contributed by atoms with Crippen molar-refractivity contribution in [2.24, 2.45) is 7.05 Å². The van der Waals surface area contributed by atoms with Gasteiger partial charge in [-0.3, -0.25) is 4.68 Å². The molecule has 1 heterocycles. The fourth-order valence-electron chi connectivity index (χ4n) is 2.24. The molecule has 1 N–H and O–H groups in total. The average molecular weight is 271 g/mol. The molecule has 0 atom stereocenters. The van der Waals surface area contributed by atoms with Crippen molar-refractivity contribution in [3.05, 3.63) is 41.2 Å². The van der Waals surface area contributed by atoms with Crippen LogP contribution in [0.25, 0.3) is 0 Å². The molecule has 0 amide bonds. The molecule has 20 heavy (non-hydrogen) atoms. The highest BCUT2D eigenvalue weighted by molar-refractivity contribution is 5.38. The Labute approximate surface area is 119 Å². The number of aromatic nitrogens is 2. The third kappa shape index (κ3) is 2.85. The highest BCUT2D eigenvalue weighted by atomic mass is 16.5. The second-order valence-electron chi connectivity index (χ2n) is 5.52. The zero-order valence-corrected chi connectivity index (χ0v) is 12.3.